The molecule has 0 rings (SSSR count). The second kappa shape index (κ2) is 16.0. The third-order valence-electron chi connectivity index (χ3n) is 3.20. The molecule has 0 spiro atoms. The van der Waals surface area contributed by atoms with Crippen LogP contribution >= 0.6 is 0 Å². The van der Waals surface area contributed by atoms with Gasteiger partial charge in [-0.25, -0.2) is 4.79 Å². The molecule has 0 fully saturated rings. The third-order valence-corrected chi connectivity index (χ3v) is 3.20. The van der Waals surface area contributed by atoms with E-state index < -0.39 is 0 Å². The maximum atomic E-state index is 11.3. The van der Waals surface area contributed by atoms with E-state index in [0.29, 0.717) is 6.61 Å². The first-order valence-electron chi connectivity index (χ1n) is 8.31. The van der Waals surface area contributed by atoms with Gasteiger partial charge in [0.25, 0.3) is 0 Å². The topological polar surface area (TPSA) is 26.3 Å². The van der Waals surface area contributed by atoms with Crippen LogP contribution in [0.25, 0.3) is 0 Å². The zero-order valence-corrected chi connectivity index (χ0v) is 13.4. The van der Waals surface area contributed by atoms with E-state index in [-0.39, 0.29) is 5.97 Å². The molecule has 0 aromatic heterocycles. The molecule has 0 saturated carbocycles. The number of unbranched alkanes of at least 4 members (excludes halogenated alkanes) is 8. The van der Waals surface area contributed by atoms with Crippen molar-refractivity contribution >= 4 is 5.97 Å². The highest BCUT2D eigenvalue weighted by atomic mass is 16.5. The van der Waals surface area contributed by atoms with Crippen LogP contribution in [0.4, 0.5) is 0 Å². The summed E-state index contributed by atoms with van der Waals surface area (Å²) in [4.78, 5) is 11.3. The van der Waals surface area contributed by atoms with Crippen molar-refractivity contribution in [2.24, 2.45) is 0 Å². The zero-order valence-electron chi connectivity index (χ0n) is 13.4. The molecular formula is C18H32O2. The predicted molar refractivity (Wildman–Crippen MR) is 86.8 cm³/mol. The van der Waals surface area contributed by atoms with Gasteiger partial charge in [-0.05, 0) is 19.3 Å². The Morgan fingerprint density at radius 2 is 1.50 bits per heavy atom. The van der Waals surface area contributed by atoms with Gasteiger partial charge in [-0.2, -0.15) is 0 Å². The number of hydrogen-bond acceptors (Lipinski definition) is 2. The van der Waals surface area contributed by atoms with Gasteiger partial charge in [0.1, 0.15) is 0 Å². The second-order valence-corrected chi connectivity index (χ2v) is 5.22. The minimum atomic E-state index is -0.228. The molecule has 0 radical (unpaired) electrons. The average molecular weight is 280 g/mol. The first-order valence-corrected chi connectivity index (χ1v) is 8.31. The summed E-state index contributed by atoms with van der Waals surface area (Å²) in [6, 6.07) is 0. The molecule has 0 atom stereocenters. The minimum Gasteiger partial charge on any atom is -0.463 e. The Labute approximate surface area is 125 Å². The highest BCUT2D eigenvalue weighted by molar-refractivity contribution is 5.82. The maximum Gasteiger partial charge on any atom is 0.330 e. The van der Waals surface area contributed by atoms with Crippen LogP contribution < -0.4 is 0 Å². The van der Waals surface area contributed by atoms with Crippen LogP contribution in [0.15, 0.2) is 24.3 Å². The average Bonchev–Trinajstić information content (AvgIpc) is 2.45. The van der Waals surface area contributed by atoms with Gasteiger partial charge in [0.2, 0.25) is 0 Å². The zero-order chi connectivity index (χ0) is 14.9. The Morgan fingerprint density at radius 1 is 0.850 bits per heavy atom. The molecule has 2 heteroatoms. The molecule has 0 aliphatic rings. The molecule has 0 bridgehead atoms. The van der Waals surface area contributed by atoms with E-state index in [1.165, 1.54) is 51.0 Å². The summed E-state index contributed by atoms with van der Waals surface area (Å²) in [6.45, 7) is 4.95. The Balaban J connectivity index is 3.41. The molecule has 0 aromatic rings. The van der Waals surface area contributed by atoms with Gasteiger partial charge in [0.05, 0.1) is 6.61 Å². The highest BCUT2D eigenvalue weighted by Gasteiger charge is 1.95. The van der Waals surface area contributed by atoms with Gasteiger partial charge in [-0.3, -0.25) is 0 Å². The van der Waals surface area contributed by atoms with Crippen LogP contribution in [-0.4, -0.2) is 12.6 Å². The fourth-order valence-corrected chi connectivity index (χ4v) is 1.92. The van der Waals surface area contributed by atoms with Crippen LogP contribution in [0.1, 0.15) is 78.1 Å². The molecule has 0 aliphatic heterocycles. The van der Waals surface area contributed by atoms with Crippen molar-refractivity contribution < 1.29 is 9.53 Å². The maximum absolute atomic E-state index is 11.3. The molecular weight excluding hydrogens is 248 g/mol. The van der Waals surface area contributed by atoms with E-state index in [2.05, 4.69) is 19.9 Å². The van der Waals surface area contributed by atoms with E-state index in [4.69, 9.17) is 4.74 Å². The van der Waals surface area contributed by atoms with Crippen LogP contribution in [-0.2, 0) is 9.53 Å². The standard InChI is InChI=1S/C18H32O2/c1-3-5-7-9-10-11-12-13-14-16-18(19)20-17-15-8-6-4-2/h12-14,16H,3-11,15,17H2,1-2H3/b13-12-,16-14+. The summed E-state index contributed by atoms with van der Waals surface area (Å²) in [5.41, 5.74) is 0. The summed E-state index contributed by atoms with van der Waals surface area (Å²) < 4.78 is 5.10. The van der Waals surface area contributed by atoms with Gasteiger partial charge in [0.15, 0.2) is 0 Å². The van der Waals surface area contributed by atoms with Gasteiger partial charge in [-0.1, -0.05) is 77.0 Å². The normalized spacial score (nSPS) is 11.5. The van der Waals surface area contributed by atoms with Gasteiger partial charge in [0, 0.05) is 6.08 Å². The summed E-state index contributed by atoms with van der Waals surface area (Å²) in [7, 11) is 0. The third kappa shape index (κ3) is 15.0. The number of carbonyl (C=O) groups is 1. The lowest BCUT2D eigenvalue weighted by molar-refractivity contribution is -0.137. The molecule has 0 saturated heterocycles. The van der Waals surface area contributed by atoms with Crippen molar-refractivity contribution in [2.75, 3.05) is 6.61 Å². The first-order chi connectivity index (χ1) is 9.81. The predicted octanol–water partition coefficient (Wildman–Crippen LogP) is 5.58. The Kier molecular flexibility index (Phi) is 15.2. The molecule has 0 heterocycles. The van der Waals surface area contributed by atoms with Gasteiger partial charge in [-0.15, -0.1) is 0 Å². The fourth-order valence-electron chi connectivity index (χ4n) is 1.92. The Morgan fingerprint density at radius 3 is 2.20 bits per heavy atom. The quantitative estimate of drug-likeness (QED) is 0.190. The molecule has 0 aromatic carbocycles. The monoisotopic (exact) mass is 280 g/mol. The van der Waals surface area contributed by atoms with Crippen molar-refractivity contribution in [3.05, 3.63) is 24.3 Å². The largest absolute Gasteiger partial charge is 0.463 e. The molecule has 0 aliphatic carbocycles. The van der Waals surface area contributed by atoms with Crippen LogP contribution in [0.2, 0.25) is 0 Å². The number of rotatable bonds is 13. The van der Waals surface area contributed by atoms with E-state index in [1.54, 1.807) is 6.08 Å². The van der Waals surface area contributed by atoms with Crippen LogP contribution in [0.5, 0.6) is 0 Å². The van der Waals surface area contributed by atoms with Gasteiger partial charge >= 0.3 is 5.97 Å². The molecule has 20 heavy (non-hydrogen) atoms. The molecule has 2 nitrogen and oxygen atoms in total. The molecule has 0 N–H and O–H groups in total. The summed E-state index contributed by atoms with van der Waals surface area (Å²) in [6.07, 6.45) is 19.5. The molecule has 116 valence electrons. The van der Waals surface area contributed by atoms with E-state index in [1.807, 2.05) is 6.08 Å². The summed E-state index contributed by atoms with van der Waals surface area (Å²) >= 11 is 0. The molecule has 0 unspecified atom stereocenters. The van der Waals surface area contributed by atoms with Gasteiger partial charge < -0.3 is 4.74 Å². The summed E-state index contributed by atoms with van der Waals surface area (Å²) in [5.74, 6) is -0.228. The number of carbonyl (C=O) groups excluding carboxylic acids is 1. The lowest BCUT2D eigenvalue weighted by Crippen LogP contribution is -2.01. The number of esters is 1. The fraction of sp³-hybridized carbons (Fsp3) is 0.722. The Bertz CT molecular complexity index is 267. The number of hydrogen-bond donors (Lipinski definition) is 0. The summed E-state index contributed by atoms with van der Waals surface area (Å²) in [5, 5.41) is 0. The first kappa shape index (κ1) is 18.9. The van der Waals surface area contributed by atoms with E-state index >= 15 is 0 Å². The lowest BCUT2D eigenvalue weighted by Gasteiger charge is -2.00. The van der Waals surface area contributed by atoms with Crippen molar-refractivity contribution in [1.29, 1.82) is 0 Å². The van der Waals surface area contributed by atoms with Crippen molar-refractivity contribution in [3.63, 3.8) is 0 Å². The Hall–Kier alpha value is -1.05. The number of allylic oxidation sites excluding steroid dienone is 3. The smallest absolute Gasteiger partial charge is 0.330 e. The van der Waals surface area contributed by atoms with Crippen molar-refractivity contribution in [1.82, 2.24) is 0 Å². The highest BCUT2D eigenvalue weighted by Crippen LogP contribution is 2.05. The van der Waals surface area contributed by atoms with Crippen molar-refractivity contribution in [3.8, 4) is 0 Å². The van der Waals surface area contributed by atoms with Crippen LogP contribution in [0.3, 0.4) is 0 Å². The minimum absolute atomic E-state index is 0.228. The SMILES string of the molecule is CCCCCCC/C=C\C=C\C(=O)OCCCCCC. The van der Waals surface area contributed by atoms with Crippen LogP contribution in [0, 0.1) is 0 Å². The molecule has 0 amide bonds. The van der Waals surface area contributed by atoms with E-state index in [0.717, 1.165) is 19.3 Å². The lowest BCUT2D eigenvalue weighted by atomic mass is 10.1. The van der Waals surface area contributed by atoms with E-state index in [9.17, 15) is 4.79 Å². The second-order valence-electron chi connectivity index (χ2n) is 5.22. The number of ether oxygens (including phenoxy) is 1. The van der Waals surface area contributed by atoms with Crippen molar-refractivity contribution in [2.45, 2.75) is 78.1 Å².